The maximum atomic E-state index is 13.2. The molecule has 2 aromatic heterocycles. The lowest BCUT2D eigenvalue weighted by Gasteiger charge is -2.18. The van der Waals surface area contributed by atoms with Crippen LogP contribution in [0.1, 0.15) is 63.8 Å². The Kier molecular flexibility index (Phi) is 4.73. The van der Waals surface area contributed by atoms with E-state index < -0.39 is 0 Å². The van der Waals surface area contributed by atoms with Crippen molar-refractivity contribution < 1.29 is 4.79 Å². The van der Waals surface area contributed by atoms with E-state index in [-0.39, 0.29) is 17.6 Å². The number of aromatic nitrogens is 3. The first kappa shape index (κ1) is 18.0. The van der Waals surface area contributed by atoms with Crippen molar-refractivity contribution in [3.63, 3.8) is 0 Å². The molecule has 6 nitrogen and oxygen atoms in total. The molecule has 0 aromatic carbocycles. The largest absolute Gasteiger partial charge is 0.341 e. The highest BCUT2D eigenvalue weighted by atomic mass is 16.2. The van der Waals surface area contributed by atoms with E-state index in [0.29, 0.717) is 18.9 Å². The summed E-state index contributed by atoms with van der Waals surface area (Å²) < 4.78 is 3.77. The molecule has 3 fully saturated rings. The Morgan fingerprint density at radius 3 is 2.71 bits per heavy atom. The van der Waals surface area contributed by atoms with E-state index in [4.69, 9.17) is 0 Å². The summed E-state index contributed by atoms with van der Waals surface area (Å²) in [4.78, 5) is 32.4. The Labute approximate surface area is 165 Å². The standard InChI is InChI=1S/C22H30N4O2/c27-20(10-9-16-4-1-2-5-16)24-13-11-18(15-24)26-21-19(6-3-12-23-21)25(22(26)28)14-17-7-8-17/h3,6,12,16-18H,1-2,4-5,7-11,13-15H2/t18-/m1/s1. The molecule has 0 spiro atoms. The minimum Gasteiger partial charge on any atom is -0.341 e. The van der Waals surface area contributed by atoms with E-state index in [9.17, 15) is 9.59 Å². The number of rotatable bonds is 6. The molecule has 2 aromatic rings. The number of hydrogen-bond donors (Lipinski definition) is 0. The summed E-state index contributed by atoms with van der Waals surface area (Å²) in [6.45, 7) is 2.19. The van der Waals surface area contributed by atoms with Crippen LogP contribution in [0.15, 0.2) is 23.1 Å². The van der Waals surface area contributed by atoms with Gasteiger partial charge in [-0.25, -0.2) is 9.78 Å². The molecule has 28 heavy (non-hydrogen) atoms. The van der Waals surface area contributed by atoms with Crippen LogP contribution < -0.4 is 5.69 Å². The highest BCUT2D eigenvalue weighted by Crippen LogP contribution is 2.32. The van der Waals surface area contributed by atoms with Gasteiger partial charge >= 0.3 is 5.69 Å². The smallest absolute Gasteiger partial charge is 0.330 e. The fraction of sp³-hybridized carbons (Fsp3) is 0.682. The minimum absolute atomic E-state index is 0.0424. The van der Waals surface area contributed by atoms with Crippen molar-refractivity contribution in [1.29, 1.82) is 0 Å². The number of amides is 1. The van der Waals surface area contributed by atoms with Crippen molar-refractivity contribution in [3.8, 4) is 0 Å². The fourth-order valence-corrected chi connectivity index (χ4v) is 5.14. The van der Waals surface area contributed by atoms with E-state index in [1.807, 2.05) is 26.2 Å². The van der Waals surface area contributed by atoms with Crippen molar-refractivity contribution in [3.05, 3.63) is 28.8 Å². The Balaban J connectivity index is 1.32. The Morgan fingerprint density at radius 2 is 1.93 bits per heavy atom. The first-order valence-electron chi connectivity index (χ1n) is 11.0. The number of carbonyl (C=O) groups is 1. The molecule has 2 saturated carbocycles. The summed E-state index contributed by atoms with van der Waals surface area (Å²) in [7, 11) is 0. The molecule has 0 bridgehead atoms. The van der Waals surface area contributed by atoms with Gasteiger partial charge in [-0.2, -0.15) is 0 Å². The van der Waals surface area contributed by atoms with Crippen LogP contribution in [0.25, 0.3) is 11.2 Å². The van der Waals surface area contributed by atoms with Gasteiger partial charge in [0.25, 0.3) is 0 Å². The molecule has 3 aliphatic rings. The number of imidazole rings is 1. The SMILES string of the molecule is O=C(CCC1CCCC1)N1CC[C@@H](n2c(=O)n(CC3CC3)c3cccnc32)C1. The van der Waals surface area contributed by atoms with Crippen molar-refractivity contribution in [2.24, 2.45) is 11.8 Å². The maximum Gasteiger partial charge on any atom is 0.330 e. The van der Waals surface area contributed by atoms with Gasteiger partial charge in [0.15, 0.2) is 5.65 Å². The minimum atomic E-state index is 0.0424. The second-order valence-corrected chi connectivity index (χ2v) is 9.02. The van der Waals surface area contributed by atoms with Gasteiger partial charge < -0.3 is 4.90 Å². The third-order valence-electron chi connectivity index (χ3n) is 6.98. The number of nitrogens with zero attached hydrogens (tertiary/aromatic N) is 4. The predicted octanol–water partition coefficient (Wildman–Crippen LogP) is 3.35. The summed E-state index contributed by atoms with van der Waals surface area (Å²) in [5.74, 6) is 1.64. The number of likely N-dealkylation sites (tertiary alicyclic amines) is 1. The lowest BCUT2D eigenvalue weighted by Crippen LogP contribution is -2.32. The molecule has 0 N–H and O–H groups in total. The Morgan fingerprint density at radius 1 is 1.11 bits per heavy atom. The second kappa shape index (κ2) is 7.37. The molecule has 1 saturated heterocycles. The monoisotopic (exact) mass is 382 g/mol. The quantitative estimate of drug-likeness (QED) is 0.770. The van der Waals surface area contributed by atoms with Crippen LogP contribution in [0.5, 0.6) is 0 Å². The average molecular weight is 383 g/mol. The van der Waals surface area contributed by atoms with Crippen LogP contribution >= 0.6 is 0 Å². The van der Waals surface area contributed by atoms with Gasteiger partial charge in [-0.15, -0.1) is 0 Å². The van der Waals surface area contributed by atoms with Crippen LogP contribution in [0.2, 0.25) is 0 Å². The fourth-order valence-electron chi connectivity index (χ4n) is 5.14. The zero-order valence-corrected chi connectivity index (χ0v) is 16.6. The summed E-state index contributed by atoms with van der Waals surface area (Å²) in [5, 5.41) is 0. The molecule has 2 aliphatic carbocycles. The van der Waals surface area contributed by atoms with Crippen molar-refractivity contribution in [1.82, 2.24) is 19.0 Å². The van der Waals surface area contributed by atoms with Gasteiger partial charge in [0.1, 0.15) is 0 Å². The van der Waals surface area contributed by atoms with Crippen molar-refractivity contribution in [2.75, 3.05) is 13.1 Å². The van der Waals surface area contributed by atoms with Gasteiger partial charge in [-0.05, 0) is 49.7 Å². The van der Waals surface area contributed by atoms with E-state index in [2.05, 4.69) is 4.98 Å². The number of carbonyl (C=O) groups excluding carboxylic acids is 1. The van der Waals surface area contributed by atoms with Crippen LogP contribution in [-0.4, -0.2) is 38.0 Å². The second-order valence-electron chi connectivity index (χ2n) is 9.02. The molecule has 1 atom stereocenters. The first-order chi connectivity index (χ1) is 13.7. The van der Waals surface area contributed by atoms with E-state index in [1.165, 1.54) is 38.5 Å². The van der Waals surface area contributed by atoms with Gasteiger partial charge in [-0.1, -0.05) is 25.7 Å². The van der Waals surface area contributed by atoms with E-state index in [1.54, 1.807) is 6.20 Å². The third kappa shape index (κ3) is 3.38. The molecular formula is C22H30N4O2. The summed E-state index contributed by atoms with van der Waals surface area (Å²) in [6, 6.07) is 3.95. The molecule has 0 unspecified atom stereocenters. The normalized spacial score (nSPS) is 23.1. The van der Waals surface area contributed by atoms with Crippen LogP contribution in [0, 0.1) is 11.8 Å². The Bertz CT molecular complexity index is 920. The highest BCUT2D eigenvalue weighted by Gasteiger charge is 2.32. The van der Waals surface area contributed by atoms with E-state index in [0.717, 1.165) is 43.0 Å². The lowest BCUT2D eigenvalue weighted by molar-refractivity contribution is -0.130. The summed E-state index contributed by atoms with van der Waals surface area (Å²) in [6.07, 6.45) is 12.0. The highest BCUT2D eigenvalue weighted by molar-refractivity contribution is 5.76. The van der Waals surface area contributed by atoms with Gasteiger partial charge in [-0.3, -0.25) is 13.9 Å². The number of pyridine rings is 1. The average Bonchev–Trinajstić information content (AvgIpc) is 3.10. The van der Waals surface area contributed by atoms with Crippen LogP contribution in [0.4, 0.5) is 0 Å². The van der Waals surface area contributed by atoms with Crippen LogP contribution in [0.3, 0.4) is 0 Å². The third-order valence-corrected chi connectivity index (χ3v) is 6.98. The zero-order chi connectivity index (χ0) is 19.1. The molecule has 1 amide bonds. The molecule has 6 heteroatoms. The molecule has 5 rings (SSSR count). The molecule has 150 valence electrons. The van der Waals surface area contributed by atoms with Gasteiger partial charge in [0.2, 0.25) is 5.91 Å². The molecule has 0 radical (unpaired) electrons. The van der Waals surface area contributed by atoms with E-state index >= 15 is 0 Å². The number of fused-ring (bicyclic) bond motifs is 1. The lowest BCUT2D eigenvalue weighted by atomic mass is 10.0. The topological polar surface area (TPSA) is 60.1 Å². The van der Waals surface area contributed by atoms with Crippen LogP contribution in [-0.2, 0) is 11.3 Å². The number of hydrogen-bond acceptors (Lipinski definition) is 3. The Hall–Kier alpha value is -2.11. The maximum absolute atomic E-state index is 13.2. The first-order valence-corrected chi connectivity index (χ1v) is 11.0. The molecule has 3 heterocycles. The van der Waals surface area contributed by atoms with Crippen molar-refractivity contribution in [2.45, 2.75) is 70.4 Å². The summed E-state index contributed by atoms with van der Waals surface area (Å²) >= 11 is 0. The summed E-state index contributed by atoms with van der Waals surface area (Å²) in [5.41, 5.74) is 1.76. The predicted molar refractivity (Wildman–Crippen MR) is 108 cm³/mol. The molecular weight excluding hydrogens is 352 g/mol. The molecule has 1 aliphatic heterocycles. The van der Waals surface area contributed by atoms with Gasteiger partial charge in [0.05, 0.1) is 11.6 Å². The van der Waals surface area contributed by atoms with Crippen molar-refractivity contribution >= 4 is 17.1 Å². The van der Waals surface area contributed by atoms with Gasteiger partial charge in [0, 0.05) is 32.3 Å². The zero-order valence-electron chi connectivity index (χ0n) is 16.6.